The summed E-state index contributed by atoms with van der Waals surface area (Å²) in [6.07, 6.45) is 5.85. The number of aryl methyl sites for hydroxylation is 2. The van der Waals surface area contributed by atoms with Crippen molar-refractivity contribution in [3.63, 3.8) is 0 Å². The average molecular weight is 495 g/mol. The minimum atomic E-state index is -1.00. The normalized spacial score (nSPS) is 12.5. The monoisotopic (exact) mass is 494 g/mol. The van der Waals surface area contributed by atoms with Gasteiger partial charge >= 0.3 is 0 Å². The lowest BCUT2D eigenvalue weighted by molar-refractivity contribution is 0.102. The van der Waals surface area contributed by atoms with E-state index in [1.54, 1.807) is 23.9 Å². The number of amides is 1. The number of halogens is 2. The number of rotatable bonds is 5. The third-order valence-electron chi connectivity index (χ3n) is 5.66. The summed E-state index contributed by atoms with van der Waals surface area (Å²) in [4.78, 5) is 25.4. The second-order valence-electron chi connectivity index (χ2n) is 8.07. The van der Waals surface area contributed by atoms with E-state index < -0.39 is 28.8 Å². The van der Waals surface area contributed by atoms with Crippen LogP contribution in [0.15, 0.2) is 35.1 Å². The Morgan fingerprint density at radius 2 is 1.97 bits per heavy atom. The number of hydrogen-bond donors (Lipinski definition) is 3. The molecule has 0 saturated heterocycles. The highest BCUT2D eigenvalue weighted by Crippen LogP contribution is 2.30. The summed E-state index contributed by atoms with van der Waals surface area (Å²) < 4.78 is 32.6. The highest BCUT2D eigenvalue weighted by molar-refractivity contribution is 7.12. The maximum atomic E-state index is 15.4. The fraction of sp³-hybridized carbons (Fsp3) is 0.167. The van der Waals surface area contributed by atoms with Gasteiger partial charge in [0.25, 0.3) is 11.5 Å². The number of carbonyl (C=O) groups is 1. The Labute approximate surface area is 201 Å². The lowest BCUT2D eigenvalue weighted by atomic mass is 10.1. The maximum Gasteiger partial charge on any atom is 0.287 e. The van der Waals surface area contributed by atoms with Gasteiger partial charge in [-0.15, -0.1) is 11.3 Å². The number of nitrogens with zero attached hydrogens (tertiary/aromatic N) is 3. The molecule has 1 aliphatic carbocycles. The molecule has 0 atom stereocenters. The molecule has 0 unspecified atom stereocenters. The smallest absolute Gasteiger partial charge is 0.287 e. The van der Waals surface area contributed by atoms with E-state index in [-0.39, 0.29) is 16.9 Å². The van der Waals surface area contributed by atoms with Gasteiger partial charge in [-0.3, -0.25) is 14.3 Å². The van der Waals surface area contributed by atoms with Crippen molar-refractivity contribution in [1.82, 2.24) is 20.0 Å². The molecule has 0 fully saturated rings. The SMILES string of the molecule is Cc1cc(Nc2cc(-c3ccc(F)c(NC(=O)c4cc5c(s4)=CCCC=5)c3F)n[nH]c2=O)nn1C. The van der Waals surface area contributed by atoms with Crippen molar-refractivity contribution in [2.45, 2.75) is 19.8 Å². The first-order valence-electron chi connectivity index (χ1n) is 10.8. The number of nitrogens with one attached hydrogen (secondary N) is 3. The number of anilines is 3. The van der Waals surface area contributed by atoms with E-state index in [0.29, 0.717) is 10.7 Å². The van der Waals surface area contributed by atoms with E-state index in [9.17, 15) is 14.0 Å². The maximum absolute atomic E-state index is 15.4. The number of carbonyl (C=O) groups excluding carboxylic acids is 1. The van der Waals surface area contributed by atoms with Crippen molar-refractivity contribution in [2.75, 3.05) is 10.6 Å². The summed E-state index contributed by atoms with van der Waals surface area (Å²) >= 11 is 1.27. The molecule has 35 heavy (non-hydrogen) atoms. The highest BCUT2D eigenvalue weighted by atomic mass is 32.1. The summed E-state index contributed by atoms with van der Waals surface area (Å²) in [6, 6.07) is 7.03. The van der Waals surface area contributed by atoms with Crippen LogP contribution < -0.4 is 25.9 Å². The Hall–Kier alpha value is -4.12. The van der Waals surface area contributed by atoms with E-state index >= 15 is 4.39 Å². The number of fused-ring (bicyclic) bond motifs is 1. The quantitative estimate of drug-likeness (QED) is 0.395. The molecule has 0 saturated carbocycles. The predicted octanol–water partition coefficient (Wildman–Crippen LogP) is 3.17. The fourth-order valence-electron chi connectivity index (χ4n) is 3.74. The van der Waals surface area contributed by atoms with Gasteiger partial charge in [0.05, 0.1) is 10.6 Å². The van der Waals surface area contributed by atoms with E-state index in [2.05, 4.69) is 25.9 Å². The highest BCUT2D eigenvalue weighted by Gasteiger charge is 2.20. The van der Waals surface area contributed by atoms with Gasteiger partial charge in [-0.25, -0.2) is 13.9 Å². The molecule has 0 bridgehead atoms. The first-order chi connectivity index (χ1) is 16.8. The van der Waals surface area contributed by atoms with E-state index in [0.717, 1.165) is 34.4 Å². The molecule has 1 aromatic carbocycles. The molecular weight excluding hydrogens is 474 g/mol. The fourth-order valence-corrected chi connectivity index (χ4v) is 4.77. The largest absolute Gasteiger partial charge is 0.334 e. The van der Waals surface area contributed by atoms with Crippen LogP contribution in [0.4, 0.5) is 26.0 Å². The molecule has 178 valence electrons. The topological polar surface area (TPSA) is 105 Å². The molecule has 0 radical (unpaired) electrons. The molecule has 11 heteroatoms. The molecule has 0 aliphatic heterocycles. The summed E-state index contributed by atoms with van der Waals surface area (Å²) in [5.41, 5.74) is -0.225. The molecule has 3 heterocycles. The molecule has 5 rings (SSSR count). The molecule has 8 nitrogen and oxygen atoms in total. The van der Waals surface area contributed by atoms with Gasteiger partial charge in [0.2, 0.25) is 0 Å². The lowest BCUT2D eigenvalue weighted by Gasteiger charge is -2.11. The second-order valence-corrected chi connectivity index (χ2v) is 9.15. The standard InChI is InChI=1S/C24H20F2N6O2S/c1-12-9-20(31-32(12)2)27-17-11-16(29-30-23(17)33)14-7-8-15(25)22(21(14)26)28-24(34)19-10-13-5-3-4-6-18(13)35-19/h5-11H,3-4H2,1-2H3,(H,28,34)(H,30,33)(H,27,29,31). The number of aromatic amines is 1. The van der Waals surface area contributed by atoms with E-state index in [1.165, 1.54) is 23.5 Å². The minimum Gasteiger partial charge on any atom is -0.334 e. The lowest BCUT2D eigenvalue weighted by Crippen LogP contribution is -2.19. The van der Waals surface area contributed by atoms with Gasteiger partial charge < -0.3 is 10.6 Å². The average Bonchev–Trinajstić information content (AvgIpc) is 3.41. The summed E-state index contributed by atoms with van der Waals surface area (Å²) in [6.45, 7) is 1.85. The number of aromatic nitrogens is 4. The minimum absolute atomic E-state index is 0.0449. The van der Waals surface area contributed by atoms with Crippen molar-refractivity contribution in [1.29, 1.82) is 0 Å². The van der Waals surface area contributed by atoms with Crippen LogP contribution in [0.1, 0.15) is 28.2 Å². The Morgan fingerprint density at radius 3 is 2.71 bits per heavy atom. The summed E-state index contributed by atoms with van der Waals surface area (Å²) in [7, 11) is 1.76. The van der Waals surface area contributed by atoms with Gasteiger partial charge in [0, 0.05) is 28.9 Å². The number of thiophene rings is 1. The zero-order chi connectivity index (χ0) is 24.7. The zero-order valence-electron chi connectivity index (χ0n) is 18.8. The van der Waals surface area contributed by atoms with Crippen LogP contribution in [-0.4, -0.2) is 25.9 Å². The Balaban J connectivity index is 1.47. The van der Waals surface area contributed by atoms with Crippen molar-refractivity contribution in [3.8, 4) is 11.3 Å². The summed E-state index contributed by atoms with van der Waals surface area (Å²) in [5.74, 6) is -2.11. The molecule has 4 aromatic rings. The van der Waals surface area contributed by atoms with Crippen LogP contribution >= 0.6 is 11.3 Å². The Bertz CT molecular complexity index is 1600. The van der Waals surface area contributed by atoms with E-state index in [1.807, 2.05) is 19.1 Å². The van der Waals surface area contributed by atoms with E-state index in [4.69, 9.17) is 0 Å². The van der Waals surface area contributed by atoms with Crippen molar-refractivity contribution in [3.05, 3.63) is 72.6 Å². The van der Waals surface area contributed by atoms with Crippen LogP contribution in [0, 0.1) is 18.6 Å². The van der Waals surface area contributed by atoms with Crippen molar-refractivity contribution in [2.24, 2.45) is 7.05 Å². The molecule has 3 aromatic heterocycles. The molecule has 3 N–H and O–H groups in total. The molecule has 1 amide bonds. The molecule has 0 spiro atoms. The number of benzene rings is 1. The third-order valence-corrected chi connectivity index (χ3v) is 6.81. The zero-order valence-corrected chi connectivity index (χ0v) is 19.6. The van der Waals surface area contributed by atoms with Crippen LogP contribution in [0.2, 0.25) is 0 Å². The van der Waals surface area contributed by atoms with Gasteiger partial charge in [-0.05, 0) is 49.2 Å². The van der Waals surface area contributed by atoms with Gasteiger partial charge in [0.15, 0.2) is 11.6 Å². The Kier molecular flexibility index (Phi) is 5.77. The third kappa shape index (κ3) is 4.37. The van der Waals surface area contributed by atoms with Crippen molar-refractivity contribution < 1.29 is 13.6 Å². The van der Waals surface area contributed by atoms with Gasteiger partial charge in [-0.2, -0.15) is 10.2 Å². The summed E-state index contributed by atoms with van der Waals surface area (Å²) in [5, 5.41) is 16.6. The number of H-pyrrole nitrogens is 1. The predicted molar refractivity (Wildman–Crippen MR) is 131 cm³/mol. The first-order valence-corrected chi connectivity index (χ1v) is 11.6. The first kappa shape index (κ1) is 22.7. The van der Waals surface area contributed by atoms with Gasteiger partial charge in [-0.1, -0.05) is 12.2 Å². The number of hydrogen-bond acceptors (Lipinski definition) is 6. The molecular formula is C24H20F2N6O2S. The van der Waals surface area contributed by atoms with Crippen LogP contribution in [0.5, 0.6) is 0 Å². The Morgan fingerprint density at radius 1 is 1.17 bits per heavy atom. The van der Waals surface area contributed by atoms with Crippen LogP contribution in [0.3, 0.4) is 0 Å². The second kappa shape index (κ2) is 8.91. The molecule has 1 aliphatic rings. The van der Waals surface area contributed by atoms with Gasteiger partial charge in [0.1, 0.15) is 17.2 Å². The van der Waals surface area contributed by atoms with Crippen molar-refractivity contribution >= 4 is 46.6 Å². The van der Waals surface area contributed by atoms with Crippen LogP contribution in [0.25, 0.3) is 23.4 Å². The van der Waals surface area contributed by atoms with Crippen LogP contribution in [-0.2, 0) is 7.05 Å².